The van der Waals surface area contributed by atoms with Crippen LogP contribution in [0.3, 0.4) is 0 Å². The summed E-state index contributed by atoms with van der Waals surface area (Å²) in [7, 11) is 0. The molecule has 0 spiro atoms. The highest BCUT2D eigenvalue weighted by Gasteiger charge is 1.97. The number of aliphatic hydroxyl groups is 2. The molecular weight excluding hydrogens is 122 g/mol. The summed E-state index contributed by atoms with van der Waals surface area (Å²) in [6, 6.07) is 0. The van der Waals surface area contributed by atoms with Crippen LogP contribution in [0, 0.1) is 0 Å². The van der Waals surface area contributed by atoms with Crippen molar-refractivity contribution in [2.45, 2.75) is 19.3 Å². The number of nitrogens with two attached hydrogens (primary N) is 1. The van der Waals surface area contributed by atoms with Gasteiger partial charge in [-0.15, -0.1) is 0 Å². The van der Waals surface area contributed by atoms with Gasteiger partial charge in [-0.3, -0.25) is 0 Å². The van der Waals surface area contributed by atoms with Crippen LogP contribution in [0.15, 0.2) is 0 Å². The van der Waals surface area contributed by atoms with Gasteiger partial charge in [-0.05, 0) is 6.92 Å². The van der Waals surface area contributed by atoms with Crippen LogP contribution in [0.1, 0.15) is 6.92 Å². The smallest absolute Gasteiger partial charge is 0.126 e. The molecule has 9 heavy (non-hydrogen) atoms. The predicted molar refractivity (Wildman–Crippen MR) is 32.7 cm³/mol. The molecule has 2 atom stereocenters. The monoisotopic (exact) mass is 135 g/mol. The molecule has 0 aromatic carbocycles. The Labute approximate surface area is 54.2 Å². The largest absolute Gasteiger partial charge is 0.391 e. The summed E-state index contributed by atoms with van der Waals surface area (Å²) in [5.74, 6) is 0. The second-order valence-corrected chi connectivity index (χ2v) is 1.95. The van der Waals surface area contributed by atoms with Crippen molar-refractivity contribution in [2.75, 3.05) is 13.2 Å². The zero-order chi connectivity index (χ0) is 7.28. The van der Waals surface area contributed by atoms with Crippen molar-refractivity contribution in [3.05, 3.63) is 0 Å². The first kappa shape index (κ1) is 8.84. The molecule has 0 aliphatic carbocycles. The molecule has 1 unspecified atom stereocenters. The molecule has 4 heteroatoms. The fourth-order valence-electron chi connectivity index (χ4n) is 0.359. The summed E-state index contributed by atoms with van der Waals surface area (Å²) in [5, 5.41) is 17.1. The van der Waals surface area contributed by atoms with Crippen molar-refractivity contribution < 1.29 is 14.9 Å². The molecule has 0 rings (SSSR count). The molecule has 0 radical (unpaired) electrons. The maximum absolute atomic E-state index is 8.62. The molecule has 4 nitrogen and oxygen atoms in total. The first-order valence-corrected chi connectivity index (χ1v) is 2.82. The second-order valence-electron chi connectivity index (χ2n) is 1.95. The van der Waals surface area contributed by atoms with Crippen molar-refractivity contribution in [1.29, 1.82) is 0 Å². The zero-order valence-corrected chi connectivity index (χ0v) is 5.45. The molecule has 56 valence electrons. The molecule has 0 aliphatic rings. The van der Waals surface area contributed by atoms with E-state index in [1.807, 2.05) is 0 Å². The average molecular weight is 135 g/mol. The van der Waals surface area contributed by atoms with E-state index < -0.39 is 12.3 Å². The Kier molecular flexibility index (Phi) is 4.61. The van der Waals surface area contributed by atoms with Crippen LogP contribution in [0.25, 0.3) is 0 Å². The minimum absolute atomic E-state index is 0.0743. The molecule has 0 bridgehead atoms. The highest BCUT2D eigenvalue weighted by atomic mass is 16.5. The zero-order valence-electron chi connectivity index (χ0n) is 5.45. The van der Waals surface area contributed by atoms with Gasteiger partial charge in [0.05, 0.1) is 19.3 Å². The Morgan fingerprint density at radius 2 is 2.00 bits per heavy atom. The highest BCUT2D eigenvalue weighted by Crippen LogP contribution is 1.82. The van der Waals surface area contributed by atoms with Gasteiger partial charge in [-0.2, -0.15) is 0 Å². The summed E-state index contributed by atoms with van der Waals surface area (Å²) in [4.78, 5) is 0. The SMILES string of the molecule is C[C@@H](O)COCC(N)O. The third-order valence-corrected chi connectivity index (χ3v) is 0.648. The molecule has 0 saturated heterocycles. The molecule has 0 amide bonds. The Balaban J connectivity index is 2.91. The molecule has 4 N–H and O–H groups in total. The lowest BCUT2D eigenvalue weighted by atomic mass is 10.4. The van der Waals surface area contributed by atoms with Gasteiger partial charge in [0.2, 0.25) is 0 Å². The van der Waals surface area contributed by atoms with Crippen LogP contribution in [-0.2, 0) is 4.74 Å². The minimum atomic E-state index is -0.941. The molecule has 0 aromatic heterocycles. The van der Waals surface area contributed by atoms with Crippen LogP contribution in [0.4, 0.5) is 0 Å². The van der Waals surface area contributed by atoms with Gasteiger partial charge in [0.1, 0.15) is 6.23 Å². The maximum atomic E-state index is 8.62. The first-order valence-electron chi connectivity index (χ1n) is 2.82. The fraction of sp³-hybridized carbons (Fsp3) is 1.00. The number of hydrogen-bond donors (Lipinski definition) is 3. The molecule has 0 aliphatic heterocycles. The molecular formula is C5H13NO3. The fourth-order valence-corrected chi connectivity index (χ4v) is 0.359. The second kappa shape index (κ2) is 4.69. The van der Waals surface area contributed by atoms with Crippen molar-refractivity contribution in [3.63, 3.8) is 0 Å². The van der Waals surface area contributed by atoms with Gasteiger partial charge < -0.3 is 20.7 Å². The average Bonchev–Trinajstić information content (AvgIpc) is 1.63. The van der Waals surface area contributed by atoms with Crippen molar-refractivity contribution in [2.24, 2.45) is 5.73 Å². The summed E-state index contributed by atoms with van der Waals surface area (Å²) in [6.07, 6.45) is -1.44. The normalized spacial score (nSPS) is 17.3. The van der Waals surface area contributed by atoms with E-state index in [2.05, 4.69) is 0 Å². The van der Waals surface area contributed by atoms with Gasteiger partial charge >= 0.3 is 0 Å². The van der Waals surface area contributed by atoms with Crippen molar-refractivity contribution in [3.8, 4) is 0 Å². The van der Waals surface area contributed by atoms with Crippen LogP contribution in [0.2, 0.25) is 0 Å². The standard InChI is InChI=1S/C5H13NO3/c1-4(7)2-9-3-5(6)8/h4-5,7-8H,2-3,6H2,1H3/t4-,5?/m1/s1. The van der Waals surface area contributed by atoms with Gasteiger partial charge in [0.15, 0.2) is 0 Å². The maximum Gasteiger partial charge on any atom is 0.126 e. The van der Waals surface area contributed by atoms with Crippen molar-refractivity contribution >= 4 is 0 Å². The number of rotatable bonds is 4. The predicted octanol–water partition coefficient (Wildman–Crippen LogP) is -1.34. The van der Waals surface area contributed by atoms with E-state index in [4.69, 9.17) is 20.7 Å². The van der Waals surface area contributed by atoms with Gasteiger partial charge in [0.25, 0.3) is 0 Å². The molecule has 0 saturated carbocycles. The third-order valence-electron chi connectivity index (χ3n) is 0.648. The van der Waals surface area contributed by atoms with E-state index in [0.29, 0.717) is 0 Å². The summed E-state index contributed by atoms with van der Waals surface area (Å²) in [5.41, 5.74) is 4.93. The van der Waals surface area contributed by atoms with E-state index in [0.717, 1.165) is 0 Å². The van der Waals surface area contributed by atoms with E-state index >= 15 is 0 Å². The summed E-state index contributed by atoms with van der Waals surface area (Å²) < 4.78 is 4.73. The highest BCUT2D eigenvalue weighted by molar-refractivity contribution is 4.43. The molecule has 0 aromatic rings. The lowest BCUT2D eigenvalue weighted by Crippen LogP contribution is -2.27. The van der Waals surface area contributed by atoms with Gasteiger partial charge in [-0.1, -0.05) is 0 Å². The van der Waals surface area contributed by atoms with Crippen molar-refractivity contribution in [1.82, 2.24) is 0 Å². The van der Waals surface area contributed by atoms with Crippen LogP contribution in [-0.4, -0.2) is 35.8 Å². The minimum Gasteiger partial charge on any atom is -0.391 e. The van der Waals surface area contributed by atoms with Crippen LogP contribution >= 0.6 is 0 Å². The van der Waals surface area contributed by atoms with Crippen LogP contribution < -0.4 is 5.73 Å². The van der Waals surface area contributed by atoms with Crippen LogP contribution in [0.5, 0.6) is 0 Å². The first-order chi connectivity index (χ1) is 4.13. The Morgan fingerprint density at radius 1 is 1.44 bits per heavy atom. The Bertz CT molecular complexity index is 57.2. The lowest BCUT2D eigenvalue weighted by Gasteiger charge is -2.06. The van der Waals surface area contributed by atoms with Gasteiger partial charge in [-0.25, -0.2) is 0 Å². The number of ether oxygens (including phenoxy) is 1. The number of hydrogen-bond acceptors (Lipinski definition) is 4. The van der Waals surface area contributed by atoms with E-state index in [-0.39, 0.29) is 13.2 Å². The van der Waals surface area contributed by atoms with Gasteiger partial charge in [0, 0.05) is 0 Å². The summed E-state index contributed by atoms with van der Waals surface area (Å²) >= 11 is 0. The number of aliphatic hydroxyl groups excluding tert-OH is 2. The Morgan fingerprint density at radius 3 is 2.33 bits per heavy atom. The summed E-state index contributed by atoms with van der Waals surface area (Å²) in [6.45, 7) is 1.89. The quantitative estimate of drug-likeness (QED) is 0.417. The van der Waals surface area contributed by atoms with E-state index in [1.54, 1.807) is 6.92 Å². The van der Waals surface area contributed by atoms with E-state index in [9.17, 15) is 0 Å². The topological polar surface area (TPSA) is 75.7 Å². The lowest BCUT2D eigenvalue weighted by molar-refractivity contribution is 0.000246. The van der Waals surface area contributed by atoms with E-state index in [1.165, 1.54) is 0 Å². The molecule has 0 heterocycles. The molecule has 0 fully saturated rings. The Hall–Kier alpha value is -0.160. The third kappa shape index (κ3) is 7.84.